The molecule has 0 bridgehead atoms. The van der Waals surface area contributed by atoms with E-state index >= 15 is 0 Å². The Labute approximate surface area is 87.2 Å². The average molecular weight is 226 g/mol. The molecule has 3 N–H and O–H groups in total. The van der Waals surface area contributed by atoms with Crippen LogP contribution < -0.4 is 11.1 Å². The molecule has 90 valence electrons. The number of hydrogen-bond acceptors (Lipinski definition) is 2. The number of hydrogen-bond donors (Lipinski definition) is 2. The largest absolute Gasteiger partial charge is 0.389 e. The minimum Gasteiger partial charge on any atom is -0.370 e. The summed E-state index contributed by atoms with van der Waals surface area (Å²) in [6.07, 6.45) is -4.07. The van der Waals surface area contributed by atoms with Gasteiger partial charge in [0, 0.05) is 25.4 Å². The minimum absolute atomic E-state index is 0.0216. The third-order valence-corrected chi connectivity index (χ3v) is 1.96. The van der Waals surface area contributed by atoms with E-state index in [-0.39, 0.29) is 18.9 Å². The number of nitrogens with two attached hydrogens (primary N) is 1. The second-order valence-corrected chi connectivity index (χ2v) is 3.58. The third-order valence-electron chi connectivity index (χ3n) is 1.96. The summed E-state index contributed by atoms with van der Waals surface area (Å²) in [6.45, 7) is 2.21. The number of alkyl halides is 3. The summed E-state index contributed by atoms with van der Waals surface area (Å²) < 4.78 is 35.3. The van der Waals surface area contributed by atoms with Crippen molar-refractivity contribution < 1.29 is 18.0 Å². The van der Waals surface area contributed by atoms with Gasteiger partial charge in [0.2, 0.25) is 5.91 Å². The van der Waals surface area contributed by atoms with E-state index in [9.17, 15) is 18.0 Å². The van der Waals surface area contributed by atoms with Gasteiger partial charge in [0.1, 0.15) is 0 Å². The van der Waals surface area contributed by atoms with Crippen molar-refractivity contribution >= 4 is 5.91 Å². The van der Waals surface area contributed by atoms with E-state index in [0.29, 0.717) is 13.0 Å². The molecule has 0 aromatic carbocycles. The van der Waals surface area contributed by atoms with Crippen LogP contribution in [0.15, 0.2) is 0 Å². The van der Waals surface area contributed by atoms with Crippen LogP contribution in [0.4, 0.5) is 13.2 Å². The lowest BCUT2D eigenvalue weighted by Crippen LogP contribution is -2.30. The Hall–Kier alpha value is -0.780. The Balaban J connectivity index is 3.41. The molecule has 0 radical (unpaired) electrons. The highest BCUT2D eigenvalue weighted by Gasteiger charge is 2.26. The molecule has 0 rings (SSSR count). The van der Waals surface area contributed by atoms with Gasteiger partial charge in [-0.3, -0.25) is 4.79 Å². The van der Waals surface area contributed by atoms with E-state index < -0.39 is 18.5 Å². The standard InChI is InChI=1S/C9H17F3N2O/c1-7(14-6-4-8(13)15)3-2-5-9(10,11)12/h7,14H,2-6H2,1H3,(H2,13,15). The highest BCUT2D eigenvalue weighted by Crippen LogP contribution is 2.22. The van der Waals surface area contributed by atoms with Crippen LogP contribution in [0.25, 0.3) is 0 Å². The number of carbonyl (C=O) groups is 1. The van der Waals surface area contributed by atoms with Gasteiger partial charge < -0.3 is 11.1 Å². The Morgan fingerprint density at radius 3 is 2.53 bits per heavy atom. The SMILES string of the molecule is CC(CCCC(F)(F)F)NCCC(N)=O. The van der Waals surface area contributed by atoms with Gasteiger partial charge in [-0.1, -0.05) is 0 Å². The summed E-state index contributed by atoms with van der Waals surface area (Å²) in [5, 5.41) is 2.93. The van der Waals surface area contributed by atoms with Gasteiger partial charge in [-0.15, -0.1) is 0 Å². The van der Waals surface area contributed by atoms with Crippen molar-refractivity contribution in [3.05, 3.63) is 0 Å². The summed E-state index contributed by atoms with van der Waals surface area (Å²) >= 11 is 0. The van der Waals surface area contributed by atoms with E-state index in [1.165, 1.54) is 0 Å². The number of rotatable bonds is 7. The monoisotopic (exact) mass is 226 g/mol. The van der Waals surface area contributed by atoms with Crippen molar-refractivity contribution in [3.8, 4) is 0 Å². The molecule has 1 atom stereocenters. The van der Waals surface area contributed by atoms with Crippen LogP contribution in [-0.4, -0.2) is 24.7 Å². The number of halogens is 3. The first-order chi connectivity index (χ1) is 6.81. The Morgan fingerprint density at radius 2 is 2.07 bits per heavy atom. The predicted octanol–water partition coefficient (Wildman–Crippen LogP) is 1.57. The van der Waals surface area contributed by atoms with Gasteiger partial charge in [0.25, 0.3) is 0 Å². The first kappa shape index (κ1) is 14.2. The number of carbonyl (C=O) groups excluding carboxylic acids is 1. The summed E-state index contributed by atoms with van der Waals surface area (Å²) in [5.41, 5.74) is 4.91. The highest BCUT2D eigenvalue weighted by molar-refractivity contribution is 5.73. The molecule has 0 saturated heterocycles. The normalized spacial score (nSPS) is 13.9. The second kappa shape index (κ2) is 6.66. The fourth-order valence-corrected chi connectivity index (χ4v) is 1.15. The van der Waals surface area contributed by atoms with Crippen LogP contribution in [0.1, 0.15) is 32.6 Å². The Morgan fingerprint density at radius 1 is 1.47 bits per heavy atom. The zero-order valence-corrected chi connectivity index (χ0v) is 8.73. The molecule has 0 aliphatic rings. The van der Waals surface area contributed by atoms with Gasteiger partial charge in [-0.2, -0.15) is 13.2 Å². The quantitative estimate of drug-likeness (QED) is 0.692. The first-order valence-corrected chi connectivity index (χ1v) is 4.89. The molecule has 3 nitrogen and oxygen atoms in total. The lowest BCUT2D eigenvalue weighted by molar-refractivity contribution is -0.135. The molecule has 0 aromatic heterocycles. The van der Waals surface area contributed by atoms with Crippen LogP contribution in [-0.2, 0) is 4.79 Å². The van der Waals surface area contributed by atoms with Crippen molar-refractivity contribution in [1.29, 1.82) is 0 Å². The summed E-state index contributed by atoms with van der Waals surface area (Å²) in [6, 6.07) is -0.0216. The maximum Gasteiger partial charge on any atom is 0.389 e. The zero-order valence-electron chi connectivity index (χ0n) is 8.73. The van der Waals surface area contributed by atoms with Gasteiger partial charge in [-0.05, 0) is 19.8 Å². The van der Waals surface area contributed by atoms with Crippen molar-refractivity contribution in [3.63, 3.8) is 0 Å². The van der Waals surface area contributed by atoms with Gasteiger partial charge in [0.15, 0.2) is 0 Å². The van der Waals surface area contributed by atoms with Crippen molar-refractivity contribution in [2.45, 2.75) is 44.8 Å². The minimum atomic E-state index is -4.08. The van der Waals surface area contributed by atoms with Crippen molar-refractivity contribution in [2.75, 3.05) is 6.54 Å². The van der Waals surface area contributed by atoms with E-state index in [1.807, 2.05) is 0 Å². The van der Waals surface area contributed by atoms with Crippen LogP contribution in [0, 0.1) is 0 Å². The van der Waals surface area contributed by atoms with Crippen molar-refractivity contribution in [1.82, 2.24) is 5.32 Å². The first-order valence-electron chi connectivity index (χ1n) is 4.89. The van der Waals surface area contributed by atoms with E-state index in [1.54, 1.807) is 6.92 Å². The Bertz CT molecular complexity index is 194. The van der Waals surface area contributed by atoms with Crippen LogP contribution in [0.3, 0.4) is 0 Å². The van der Waals surface area contributed by atoms with E-state index in [0.717, 1.165) is 0 Å². The summed E-state index contributed by atoms with van der Waals surface area (Å²) in [7, 11) is 0. The molecular formula is C9H17F3N2O. The summed E-state index contributed by atoms with van der Waals surface area (Å²) in [4.78, 5) is 10.4. The molecular weight excluding hydrogens is 209 g/mol. The van der Waals surface area contributed by atoms with Gasteiger partial charge in [-0.25, -0.2) is 0 Å². The number of nitrogens with one attached hydrogen (secondary N) is 1. The highest BCUT2D eigenvalue weighted by atomic mass is 19.4. The molecule has 0 heterocycles. The summed E-state index contributed by atoms with van der Waals surface area (Å²) in [5.74, 6) is -0.412. The molecule has 0 aliphatic heterocycles. The van der Waals surface area contributed by atoms with E-state index in [2.05, 4.69) is 5.32 Å². The maximum absolute atomic E-state index is 11.8. The van der Waals surface area contributed by atoms with Gasteiger partial charge in [0.05, 0.1) is 0 Å². The lowest BCUT2D eigenvalue weighted by atomic mass is 10.1. The molecule has 1 unspecified atom stereocenters. The Kier molecular flexibility index (Phi) is 6.31. The molecule has 0 fully saturated rings. The lowest BCUT2D eigenvalue weighted by Gasteiger charge is -2.13. The molecule has 15 heavy (non-hydrogen) atoms. The van der Waals surface area contributed by atoms with Crippen LogP contribution >= 0.6 is 0 Å². The molecule has 1 amide bonds. The molecule has 0 aromatic rings. The van der Waals surface area contributed by atoms with Crippen molar-refractivity contribution in [2.24, 2.45) is 5.73 Å². The molecule has 0 saturated carbocycles. The second-order valence-electron chi connectivity index (χ2n) is 3.58. The molecule has 0 spiro atoms. The van der Waals surface area contributed by atoms with E-state index in [4.69, 9.17) is 5.73 Å². The number of primary amides is 1. The third kappa shape index (κ3) is 11.1. The predicted molar refractivity (Wildman–Crippen MR) is 51.2 cm³/mol. The average Bonchev–Trinajstić information content (AvgIpc) is 2.00. The number of amides is 1. The fourth-order valence-electron chi connectivity index (χ4n) is 1.15. The van der Waals surface area contributed by atoms with Crippen LogP contribution in [0.2, 0.25) is 0 Å². The fraction of sp³-hybridized carbons (Fsp3) is 0.889. The maximum atomic E-state index is 11.8. The topological polar surface area (TPSA) is 55.1 Å². The molecule has 6 heteroatoms. The smallest absolute Gasteiger partial charge is 0.370 e. The van der Waals surface area contributed by atoms with Gasteiger partial charge >= 0.3 is 6.18 Å². The zero-order chi connectivity index (χ0) is 11.9. The van der Waals surface area contributed by atoms with Crippen LogP contribution in [0.5, 0.6) is 0 Å². The molecule has 0 aliphatic carbocycles.